The van der Waals surface area contributed by atoms with E-state index in [0.29, 0.717) is 11.4 Å². The second-order valence-corrected chi connectivity index (χ2v) is 8.63. The molecule has 3 fully saturated rings. The summed E-state index contributed by atoms with van der Waals surface area (Å²) >= 11 is 2.04. The van der Waals surface area contributed by atoms with E-state index in [2.05, 4.69) is 10.2 Å². The molecule has 132 valence electrons. The Bertz CT molecular complexity index is 362. The first-order valence-electron chi connectivity index (χ1n) is 9.59. The number of rotatable bonds is 6. The fourth-order valence-corrected chi connectivity index (χ4v) is 5.28. The molecule has 1 N–H and O–H groups in total. The van der Waals surface area contributed by atoms with Crippen molar-refractivity contribution in [2.45, 2.75) is 81.7 Å². The van der Waals surface area contributed by atoms with Gasteiger partial charge in [-0.2, -0.15) is 11.8 Å². The molecular formula is C18H32N2O2S. The molecular weight excluding hydrogens is 308 g/mol. The highest BCUT2D eigenvalue weighted by Gasteiger charge is 2.29. The second kappa shape index (κ2) is 9.28. The zero-order chi connectivity index (χ0) is 15.9. The van der Waals surface area contributed by atoms with Gasteiger partial charge in [0.15, 0.2) is 0 Å². The molecule has 23 heavy (non-hydrogen) atoms. The van der Waals surface area contributed by atoms with Crippen LogP contribution in [0.25, 0.3) is 0 Å². The fraction of sp³-hybridized carbons (Fsp3) is 0.944. The SMILES string of the molecule is O=C(COC1CCCCC1)N(CC1CCCS1)C1CCCCN1. The van der Waals surface area contributed by atoms with E-state index in [1.165, 1.54) is 50.7 Å². The second-order valence-electron chi connectivity index (χ2n) is 7.22. The zero-order valence-electron chi connectivity index (χ0n) is 14.3. The monoisotopic (exact) mass is 340 g/mol. The summed E-state index contributed by atoms with van der Waals surface area (Å²) in [5, 5.41) is 4.17. The van der Waals surface area contributed by atoms with Crippen molar-refractivity contribution in [1.82, 2.24) is 10.2 Å². The molecule has 1 aliphatic carbocycles. The summed E-state index contributed by atoms with van der Waals surface area (Å²) in [6.07, 6.45) is 12.7. The number of piperidine rings is 1. The van der Waals surface area contributed by atoms with Crippen LogP contribution >= 0.6 is 11.8 Å². The van der Waals surface area contributed by atoms with Crippen molar-refractivity contribution in [3.63, 3.8) is 0 Å². The fourth-order valence-electron chi connectivity index (χ4n) is 4.01. The van der Waals surface area contributed by atoms with Gasteiger partial charge >= 0.3 is 0 Å². The van der Waals surface area contributed by atoms with Crippen molar-refractivity contribution < 1.29 is 9.53 Å². The van der Waals surface area contributed by atoms with E-state index in [9.17, 15) is 4.79 Å². The van der Waals surface area contributed by atoms with Crippen LogP contribution < -0.4 is 5.32 Å². The maximum Gasteiger partial charge on any atom is 0.249 e. The van der Waals surface area contributed by atoms with Gasteiger partial charge in [0.1, 0.15) is 6.61 Å². The quantitative estimate of drug-likeness (QED) is 0.806. The van der Waals surface area contributed by atoms with Gasteiger partial charge in [-0.05, 0) is 57.2 Å². The summed E-state index contributed by atoms with van der Waals surface area (Å²) in [7, 11) is 0. The number of nitrogens with zero attached hydrogens (tertiary/aromatic N) is 1. The van der Waals surface area contributed by atoms with Crippen molar-refractivity contribution in [3.8, 4) is 0 Å². The van der Waals surface area contributed by atoms with Crippen LogP contribution in [-0.2, 0) is 9.53 Å². The van der Waals surface area contributed by atoms with Crippen LogP contribution in [0.5, 0.6) is 0 Å². The Morgan fingerprint density at radius 2 is 1.87 bits per heavy atom. The van der Waals surface area contributed by atoms with Gasteiger partial charge in [-0.3, -0.25) is 10.1 Å². The molecule has 2 saturated heterocycles. The van der Waals surface area contributed by atoms with Gasteiger partial charge in [0.25, 0.3) is 0 Å². The molecule has 2 aliphatic heterocycles. The van der Waals surface area contributed by atoms with Gasteiger partial charge in [-0.25, -0.2) is 0 Å². The Balaban J connectivity index is 1.52. The van der Waals surface area contributed by atoms with Crippen molar-refractivity contribution in [3.05, 3.63) is 0 Å². The zero-order valence-corrected chi connectivity index (χ0v) is 15.1. The Morgan fingerprint density at radius 1 is 1.04 bits per heavy atom. The lowest BCUT2D eigenvalue weighted by Gasteiger charge is -2.37. The van der Waals surface area contributed by atoms with Gasteiger partial charge in [-0.1, -0.05) is 19.3 Å². The standard InChI is InChI=1S/C18H32N2O2S/c21-18(14-22-15-7-2-1-3-8-15)20(13-16-9-6-12-23-16)17-10-4-5-11-19-17/h15-17,19H,1-14H2. The van der Waals surface area contributed by atoms with Crippen LogP contribution in [0.15, 0.2) is 0 Å². The van der Waals surface area contributed by atoms with Crippen LogP contribution in [0, 0.1) is 0 Å². The molecule has 5 heteroatoms. The summed E-state index contributed by atoms with van der Waals surface area (Å²) in [6.45, 7) is 2.21. The topological polar surface area (TPSA) is 41.6 Å². The average molecular weight is 341 g/mol. The van der Waals surface area contributed by atoms with Gasteiger partial charge < -0.3 is 9.64 Å². The van der Waals surface area contributed by atoms with Crippen molar-refractivity contribution in [1.29, 1.82) is 0 Å². The van der Waals surface area contributed by atoms with Gasteiger partial charge in [0.2, 0.25) is 5.91 Å². The molecule has 0 aromatic rings. The Kier molecular flexibility index (Phi) is 7.09. The molecule has 1 saturated carbocycles. The Labute approximate surface area is 145 Å². The number of carbonyl (C=O) groups excluding carboxylic acids is 1. The first-order chi connectivity index (χ1) is 11.3. The predicted molar refractivity (Wildman–Crippen MR) is 95.7 cm³/mol. The normalized spacial score (nSPS) is 29.6. The Hall–Kier alpha value is -0.260. The third-order valence-corrected chi connectivity index (χ3v) is 6.78. The van der Waals surface area contributed by atoms with E-state index < -0.39 is 0 Å². The van der Waals surface area contributed by atoms with Crippen molar-refractivity contribution in [2.24, 2.45) is 0 Å². The minimum atomic E-state index is 0.197. The molecule has 3 rings (SSSR count). The molecule has 4 nitrogen and oxygen atoms in total. The maximum absolute atomic E-state index is 12.8. The van der Waals surface area contributed by atoms with Gasteiger partial charge in [0.05, 0.1) is 12.3 Å². The number of hydrogen-bond acceptors (Lipinski definition) is 4. The summed E-state index contributed by atoms with van der Waals surface area (Å²) in [5.41, 5.74) is 0. The number of amides is 1. The number of carbonyl (C=O) groups is 1. The molecule has 2 unspecified atom stereocenters. The van der Waals surface area contributed by atoms with E-state index in [1.807, 2.05) is 11.8 Å². The molecule has 0 aromatic carbocycles. The van der Waals surface area contributed by atoms with Crippen LogP contribution in [0.1, 0.15) is 64.2 Å². The highest BCUT2D eigenvalue weighted by molar-refractivity contribution is 8.00. The number of ether oxygens (including phenoxy) is 1. The van der Waals surface area contributed by atoms with Crippen molar-refractivity contribution >= 4 is 17.7 Å². The summed E-state index contributed by atoms with van der Waals surface area (Å²) in [4.78, 5) is 14.9. The van der Waals surface area contributed by atoms with E-state index in [0.717, 1.165) is 32.4 Å². The van der Waals surface area contributed by atoms with E-state index >= 15 is 0 Å². The lowest BCUT2D eigenvalue weighted by Crippen LogP contribution is -2.53. The minimum absolute atomic E-state index is 0.197. The van der Waals surface area contributed by atoms with E-state index in [1.54, 1.807) is 0 Å². The third kappa shape index (κ3) is 5.36. The lowest BCUT2D eigenvalue weighted by atomic mass is 9.98. The molecule has 0 aromatic heterocycles. The molecule has 0 bridgehead atoms. The van der Waals surface area contributed by atoms with Gasteiger partial charge in [-0.15, -0.1) is 0 Å². The average Bonchev–Trinajstić information content (AvgIpc) is 3.12. The summed E-state index contributed by atoms with van der Waals surface area (Å²) in [6, 6.07) is 0. The van der Waals surface area contributed by atoms with Crippen LogP contribution in [0.2, 0.25) is 0 Å². The van der Waals surface area contributed by atoms with E-state index in [-0.39, 0.29) is 18.7 Å². The molecule has 1 amide bonds. The Morgan fingerprint density at radius 3 is 2.57 bits per heavy atom. The van der Waals surface area contributed by atoms with Gasteiger partial charge in [0, 0.05) is 11.8 Å². The summed E-state index contributed by atoms with van der Waals surface area (Å²) in [5.74, 6) is 1.45. The largest absolute Gasteiger partial charge is 0.368 e. The van der Waals surface area contributed by atoms with Crippen molar-refractivity contribution in [2.75, 3.05) is 25.4 Å². The molecule has 0 radical (unpaired) electrons. The molecule has 2 heterocycles. The molecule has 3 aliphatic rings. The van der Waals surface area contributed by atoms with Crippen LogP contribution in [-0.4, -0.2) is 53.8 Å². The first kappa shape index (κ1) is 17.6. The van der Waals surface area contributed by atoms with Crippen LogP contribution in [0.3, 0.4) is 0 Å². The third-order valence-electron chi connectivity index (χ3n) is 5.40. The smallest absolute Gasteiger partial charge is 0.249 e. The highest BCUT2D eigenvalue weighted by atomic mass is 32.2. The maximum atomic E-state index is 12.8. The number of thioether (sulfide) groups is 1. The highest BCUT2D eigenvalue weighted by Crippen LogP contribution is 2.28. The first-order valence-corrected chi connectivity index (χ1v) is 10.6. The molecule has 0 spiro atoms. The minimum Gasteiger partial charge on any atom is -0.368 e. The van der Waals surface area contributed by atoms with Crippen LogP contribution in [0.4, 0.5) is 0 Å². The lowest BCUT2D eigenvalue weighted by molar-refractivity contribution is -0.142. The summed E-state index contributed by atoms with van der Waals surface area (Å²) < 4.78 is 5.96. The number of nitrogens with one attached hydrogen (secondary N) is 1. The molecule has 2 atom stereocenters. The van der Waals surface area contributed by atoms with E-state index in [4.69, 9.17) is 4.74 Å². The predicted octanol–water partition coefficient (Wildman–Crippen LogP) is 3.16. The number of hydrogen-bond donors (Lipinski definition) is 1.